The smallest absolute Gasteiger partial charge is 0.252 e. The number of hydrogen-bond donors (Lipinski definition) is 0. The van der Waals surface area contributed by atoms with E-state index in [1.165, 1.54) is 11.1 Å². The Labute approximate surface area is 163 Å². The summed E-state index contributed by atoms with van der Waals surface area (Å²) in [5.41, 5.74) is 4.03. The number of nitriles is 1. The molecule has 7 heteroatoms. The zero-order valence-electron chi connectivity index (χ0n) is 15.7. The van der Waals surface area contributed by atoms with E-state index in [-0.39, 0.29) is 0 Å². The van der Waals surface area contributed by atoms with Crippen LogP contribution >= 0.6 is 0 Å². The van der Waals surface area contributed by atoms with Gasteiger partial charge in [-0.25, -0.2) is 9.67 Å². The van der Waals surface area contributed by atoms with Crippen LogP contribution < -0.4 is 4.90 Å². The van der Waals surface area contributed by atoms with E-state index in [0.29, 0.717) is 17.1 Å². The van der Waals surface area contributed by atoms with Gasteiger partial charge in [-0.2, -0.15) is 15.3 Å². The summed E-state index contributed by atoms with van der Waals surface area (Å²) in [6, 6.07) is 14.3. The quantitative estimate of drug-likeness (QED) is 0.699. The van der Waals surface area contributed by atoms with Crippen molar-refractivity contribution in [2.45, 2.75) is 13.3 Å². The third-order valence-corrected chi connectivity index (χ3v) is 5.36. The summed E-state index contributed by atoms with van der Waals surface area (Å²) in [4.78, 5) is 11.7. The summed E-state index contributed by atoms with van der Waals surface area (Å²) in [5, 5.41) is 13.3. The molecule has 0 radical (unpaired) electrons. The maximum Gasteiger partial charge on any atom is 0.252 e. The molecular weight excluding hydrogens is 352 g/mol. The zero-order chi connectivity index (χ0) is 19.1. The Morgan fingerprint density at radius 3 is 2.57 bits per heavy atom. The molecule has 2 aliphatic rings. The zero-order valence-corrected chi connectivity index (χ0v) is 15.7. The van der Waals surface area contributed by atoms with Gasteiger partial charge in [0.15, 0.2) is 5.69 Å². The lowest BCUT2D eigenvalue weighted by Gasteiger charge is -2.55. The van der Waals surface area contributed by atoms with Crippen molar-refractivity contribution in [3.8, 4) is 12.0 Å². The van der Waals surface area contributed by atoms with Crippen molar-refractivity contribution < 1.29 is 4.74 Å². The van der Waals surface area contributed by atoms with Crippen molar-refractivity contribution >= 4 is 5.82 Å². The molecule has 0 amide bonds. The van der Waals surface area contributed by atoms with E-state index in [1.54, 1.807) is 16.9 Å². The molecule has 7 nitrogen and oxygen atoms in total. The molecule has 3 aromatic rings. The average Bonchev–Trinajstić information content (AvgIpc) is 3.11. The number of aryl methyl sites for hydroxylation is 1. The van der Waals surface area contributed by atoms with Crippen molar-refractivity contribution in [2.24, 2.45) is 5.41 Å². The van der Waals surface area contributed by atoms with Crippen molar-refractivity contribution in [3.63, 3.8) is 0 Å². The molecule has 0 bridgehead atoms. The SMILES string of the molecule is Cc1ccc(Cc2cc(N3CC4(COC4)C3)nc(-n3ccc(C#N)n3)n2)cc1. The molecule has 4 heterocycles. The fourth-order valence-corrected chi connectivity index (χ4v) is 3.73. The summed E-state index contributed by atoms with van der Waals surface area (Å²) in [7, 11) is 0. The second kappa shape index (κ2) is 6.43. The fraction of sp³-hybridized carbons (Fsp3) is 0.333. The number of nitrogens with zero attached hydrogens (tertiary/aromatic N) is 6. The summed E-state index contributed by atoms with van der Waals surface area (Å²) in [6.07, 6.45) is 2.45. The maximum absolute atomic E-state index is 9.06. The van der Waals surface area contributed by atoms with Gasteiger partial charge in [0.05, 0.1) is 24.3 Å². The van der Waals surface area contributed by atoms with Crippen LogP contribution in [0.15, 0.2) is 42.6 Å². The summed E-state index contributed by atoms with van der Waals surface area (Å²) in [5.74, 6) is 1.39. The van der Waals surface area contributed by atoms with Crippen molar-refractivity contribution in [3.05, 3.63) is 65.1 Å². The van der Waals surface area contributed by atoms with Gasteiger partial charge in [-0.3, -0.25) is 0 Å². The van der Waals surface area contributed by atoms with Crippen LogP contribution in [-0.4, -0.2) is 46.1 Å². The molecule has 2 aliphatic heterocycles. The Balaban J connectivity index is 1.48. The predicted molar refractivity (Wildman–Crippen MR) is 103 cm³/mol. The lowest BCUT2D eigenvalue weighted by atomic mass is 9.78. The molecule has 28 heavy (non-hydrogen) atoms. The first-order chi connectivity index (χ1) is 13.6. The van der Waals surface area contributed by atoms with E-state index in [1.807, 2.05) is 0 Å². The van der Waals surface area contributed by atoms with Crippen LogP contribution in [0.1, 0.15) is 22.5 Å². The van der Waals surface area contributed by atoms with Gasteiger partial charge in [-0.1, -0.05) is 29.8 Å². The molecule has 140 valence electrons. The molecule has 0 aliphatic carbocycles. The van der Waals surface area contributed by atoms with E-state index in [4.69, 9.17) is 20.0 Å². The average molecular weight is 372 g/mol. The fourth-order valence-electron chi connectivity index (χ4n) is 3.73. The largest absolute Gasteiger partial charge is 0.380 e. The van der Waals surface area contributed by atoms with Gasteiger partial charge < -0.3 is 9.64 Å². The number of hydrogen-bond acceptors (Lipinski definition) is 6. The van der Waals surface area contributed by atoms with Gasteiger partial charge in [0.25, 0.3) is 5.95 Å². The molecule has 5 rings (SSSR count). The van der Waals surface area contributed by atoms with Gasteiger partial charge >= 0.3 is 0 Å². The van der Waals surface area contributed by atoms with Crippen LogP contribution in [0.5, 0.6) is 0 Å². The van der Waals surface area contributed by atoms with Crippen LogP contribution in [0.2, 0.25) is 0 Å². The standard InChI is InChI=1S/C21H20N6O/c1-15-2-4-16(5-3-15)8-18-9-19(26-11-21(12-26)13-28-14-21)24-20(23-18)27-7-6-17(10-22)25-27/h2-7,9H,8,11-14H2,1H3. The molecular formula is C21H20N6O. The van der Waals surface area contributed by atoms with E-state index in [0.717, 1.165) is 44.2 Å². The Hall–Kier alpha value is -3.24. The van der Waals surface area contributed by atoms with Crippen molar-refractivity contribution in [1.29, 1.82) is 5.26 Å². The van der Waals surface area contributed by atoms with Crippen LogP contribution in [-0.2, 0) is 11.2 Å². The van der Waals surface area contributed by atoms with Crippen molar-refractivity contribution in [1.82, 2.24) is 19.7 Å². The maximum atomic E-state index is 9.06. The number of anilines is 1. The Morgan fingerprint density at radius 2 is 1.93 bits per heavy atom. The first-order valence-electron chi connectivity index (χ1n) is 9.35. The highest BCUT2D eigenvalue weighted by atomic mass is 16.5. The minimum Gasteiger partial charge on any atom is -0.380 e. The number of benzene rings is 1. The molecule has 2 saturated heterocycles. The normalized spacial score (nSPS) is 17.1. The molecule has 0 atom stereocenters. The number of ether oxygens (including phenoxy) is 1. The van der Waals surface area contributed by atoms with E-state index >= 15 is 0 Å². The second-order valence-electron chi connectivity index (χ2n) is 7.79. The highest BCUT2D eigenvalue weighted by molar-refractivity contribution is 5.47. The van der Waals surface area contributed by atoms with Crippen LogP contribution in [0.25, 0.3) is 5.95 Å². The van der Waals surface area contributed by atoms with Crippen LogP contribution in [0.3, 0.4) is 0 Å². The van der Waals surface area contributed by atoms with Crippen LogP contribution in [0, 0.1) is 23.7 Å². The third-order valence-electron chi connectivity index (χ3n) is 5.36. The topological polar surface area (TPSA) is 79.9 Å². The van der Waals surface area contributed by atoms with Gasteiger partial charge in [0, 0.05) is 31.8 Å². The lowest BCUT2D eigenvalue weighted by Crippen LogP contribution is -2.66. The van der Waals surface area contributed by atoms with E-state index < -0.39 is 0 Å². The minimum atomic E-state index is 0.307. The highest BCUT2D eigenvalue weighted by Crippen LogP contribution is 2.39. The molecule has 2 aromatic heterocycles. The van der Waals surface area contributed by atoms with Gasteiger partial charge in [0.2, 0.25) is 0 Å². The summed E-state index contributed by atoms with van der Waals surface area (Å²) in [6.45, 7) is 5.66. The summed E-state index contributed by atoms with van der Waals surface area (Å²) < 4.78 is 6.95. The predicted octanol–water partition coefficient (Wildman–Crippen LogP) is 2.27. The van der Waals surface area contributed by atoms with E-state index in [9.17, 15) is 0 Å². The second-order valence-corrected chi connectivity index (χ2v) is 7.79. The first-order valence-corrected chi connectivity index (χ1v) is 9.35. The van der Waals surface area contributed by atoms with Crippen LogP contribution in [0.4, 0.5) is 5.82 Å². The van der Waals surface area contributed by atoms with Gasteiger partial charge in [-0.15, -0.1) is 0 Å². The molecule has 0 saturated carbocycles. The Bertz CT molecular complexity index is 1050. The van der Waals surface area contributed by atoms with E-state index in [2.05, 4.69) is 53.3 Å². The minimum absolute atomic E-state index is 0.307. The van der Waals surface area contributed by atoms with Gasteiger partial charge in [0.1, 0.15) is 11.9 Å². The lowest BCUT2D eigenvalue weighted by molar-refractivity contribution is -0.127. The Kier molecular flexibility index (Phi) is 3.88. The monoisotopic (exact) mass is 372 g/mol. The van der Waals surface area contributed by atoms with Crippen molar-refractivity contribution in [2.75, 3.05) is 31.2 Å². The first kappa shape index (κ1) is 16.9. The number of aromatic nitrogens is 4. The highest BCUT2D eigenvalue weighted by Gasteiger charge is 2.49. The molecule has 0 N–H and O–H groups in total. The third kappa shape index (κ3) is 3.02. The molecule has 1 spiro atoms. The molecule has 1 aromatic carbocycles. The molecule has 0 unspecified atom stereocenters. The summed E-state index contributed by atoms with van der Waals surface area (Å²) >= 11 is 0. The number of rotatable bonds is 4. The van der Waals surface area contributed by atoms with Gasteiger partial charge in [-0.05, 0) is 18.6 Å². The Morgan fingerprint density at radius 1 is 1.14 bits per heavy atom. The molecule has 2 fully saturated rings.